The first-order valence-corrected chi connectivity index (χ1v) is 6.51. The zero-order valence-corrected chi connectivity index (χ0v) is 12.0. The van der Waals surface area contributed by atoms with Crippen LogP contribution in [0.25, 0.3) is 0 Å². The molecule has 2 N–H and O–H groups in total. The molecule has 7 nitrogen and oxygen atoms in total. The van der Waals surface area contributed by atoms with E-state index in [-0.39, 0.29) is 17.0 Å². The van der Waals surface area contributed by atoms with Crippen molar-refractivity contribution < 1.29 is 29.3 Å². The van der Waals surface area contributed by atoms with E-state index in [1.54, 1.807) is 0 Å². The third-order valence-electron chi connectivity index (χ3n) is 2.83. The summed E-state index contributed by atoms with van der Waals surface area (Å²) in [5.74, 6) is -2.85. The Morgan fingerprint density at radius 2 is 1.87 bits per heavy atom. The van der Waals surface area contributed by atoms with Crippen molar-refractivity contribution in [1.29, 1.82) is 0 Å². The standard InChI is InChI=1S/C16H13NO6/c1-9(18)23-12-4-2-3-10(7-12)15(20)17-11-5-6-14(19)13(8-11)16(21)22/h2-8,19H,1H3,(H,17,20)(H,21,22)/p-1. The van der Waals surface area contributed by atoms with E-state index in [4.69, 9.17) is 9.84 Å². The molecule has 0 heterocycles. The number of nitrogens with one attached hydrogen (secondary N) is 1. The fraction of sp³-hybridized carbons (Fsp3) is 0.0625. The van der Waals surface area contributed by atoms with E-state index in [0.29, 0.717) is 0 Å². The second-order valence-corrected chi connectivity index (χ2v) is 4.59. The Hall–Kier alpha value is -3.35. The van der Waals surface area contributed by atoms with Crippen LogP contribution in [0.4, 0.5) is 5.69 Å². The van der Waals surface area contributed by atoms with Crippen molar-refractivity contribution in [2.75, 3.05) is 5.32 Å². The molecular formula is C16H12NO6-. The Bertz CT molecular complexity index is 784. The Morgan fingerprint density at radius 3 is 2.52 bits per heavy atom. The van der Waals surface area contributed by atoms with Gasteiger partial charge in [0.25, 0.3) is 5.91 Å². The van der Waals surface area contributed by atoms with Gasteiger partial charge >= 0.3 is 11.9 Å². The number of benzene rings is 2. The number of esters is 1. The lowest BCUT2D eigenvalue weighted by molar-refractivity contribution is -0.268. The summed E-state index contributed by atoms with van der Waals surface area (Å²) in [6.07, 6.45) is 0. The van der Waals surface area contributed by atoms with Crippen LogP contribution in [0, 0.1) is 0 Å². The number of amides is 1. The van der Waals surface area contributed by atoms with Crippen LogP contribution in [0.2, 0.25) is 0 Å². The van der Waals surface area contributed by atoms with Crippen molar-refractivity contribution in [2.24, 2.45) is 0 Å². The highest BCUT2D eigenvalue weighted by atomic mass is 16.5. The normalized spacial score (nSPS) is 9.96. The molecule has 2 aromatic rings. The maximum Gasteiger partial charge on any atom is 0.335 e. The quantitative estimate of drug-likeness (QED) is 0.654. The Labute approximate surface area is 131 Å². The summed E-state index contributed by atoms with van der Waals surface area (Å²) in [6.45, 7) is 1.24. The molecule has 118 valence electrons. The molecule has 0 atom stereocenters. The van der Waals surface area contributed by atoms with Gasteiger partial charge in [0, 0.05) is 18.2 Å². The number of carbonyl (C=O) groups excluding carboxylic acids is 2. The molecule has 0 aliphatic rings. The van der Waals surface area contributed by atoms with E-state index in [9.17, 15) is 19.5 Å². The first kappa shape index (κ1) is 16.0. The number of carbonyl (C=O) groups is 3. The summed E-state index contributed by atoms with van der Waals surface area (Å²) >= 11 is 0. The highest BCUT2D eigenvalue weighted by molar-refractivity contribution is 6.05. The first-order valence-electron chi connectivity index (χ1n) is 6.51. The van der Waals surface area contributed by atoms with Gasteiger partial charge in [0.2, 0.25) is 0 Å². The fourth-order valence-corrected chi connectivity index (χ4v) is 1.84. The number of rotatable bonds is 4. The number of ether oxygens (including phenoxy) is 1. The predicted molar refractivity (Wildman–Crippen MR) is 78.6 cm³/mol. The lowest BCUT2D eigenvalue weighted by Gasteiger charge is -2.12. The lowest BCUT2D eigenvalue weighted by Crippen LogP contribution is -2.13. The molecule has 7 heteroatoms. The van der Waals surface area contributed by atoms with Crippen LogP contribution in [-0.4, -0.2) is 23.0 Å². The van der Waals surface area contributed by atoms with Gasteiger partial charge < -0.3 is 20.3 Å². The van der Waals surface area contributed by atoms with Crippen LogP contribution >= 0.6 is 0 Å². The highest BCUT2D eigenvalue weighted by Crippen LogP contribution is 2.20. The minimum atomic E-state index is -1.37. The average molecular weight is 314 g/mol. The molecule has 23 heavy (non-hydrogen) atoms. The summed E-state index contributed by atoms with van der Waals surface area (Å²) in [5, 5.41) is 22.8. The van der Waals surface area contributed by atoms with Crippen LogP contribution in [0.5, 0.6) is 11.5 Å². The predicted octanol–water partition coefficient (Wildman–Crippen LogP) is 1.64. The van der Waals surface area contributed by atoms with E-state index in [1.807, 2.05) is 0 Å². The van der Waals surface area contributed by atoms with Crippen molar-refractivity contribution in [3.63, 3.8) is 0 Å². The molecule has 0 saturated carbocycles. The van der Waals surface area contributed by atoms with E-state index < -0.39 is 29.2 Å². The zero-order valence-electron chi connectivity index (χ0n) is 12.0. The number of carboxylic acid groups (broad SMARTS) is 1. The van der Waals surface area contributed by atoms with Gasteiger partial charge in [-0.1, -0.05) is 17.9 Å². The van der Waals surface area contributed by atoms with Crippen molar-refractivity contribution >= 4 is 23.5 Å². The topological polar surface area (TPSA) is 116 Å². The molecule has 2 aromatic carbocycles. The van der Waals surface area contributed by atoms with Crippen LogP contribution in [0.3, 0.4) is 0 Å². The molecule has 0 radical (unpaired) electrons. The third-order valence-corrected chi connectivity index (χ3v) is 2.83. The molecular weight excluding hydrogens is 302 g/mol. The summed E-state index contributed by atoms with van der Waals surface area (Å²) in [7, 11) is 0. The van der Waals surface area contributed by atoms with Gasteiger partial charge in [0.1, 0.15) is 5.75 Å². The Kier molecular flexibility index (Phi) is 4.61. The number of aromatic carboxylic acids is 1. The molecule has 1 amide bonds. The largest absolute Gasteiger partial charge is 0.872 e. The molecule has 0 bridgehead atoms. The zero-order chi connectivity index (χ0) is 17.0. The summed E-state index contributed by atoms with van der Waals surface area (Å²) < 4.78 is 4.88. The monoisotopic (exact) mass is 314 g/mol. The molecule has 0 aromatic heterocycles. The van der Waals surface area contributed by atoms with Crippen molar-refractivity contribution in [3.8, 4) is 11.5 Å². The number of hydrogen-bond donors (Lipinski definition) is 2. The molecule has 2 rings (SSSR count). The van der Waals surface area contributed by atoms with Crippen molar-refractivity contribution in [1.82, 2.24) is 0 Å². The second-order valence-electron chi connectivity index (χ2n) is 4.59. The average Bonchev–Trinajstić information content (AvgIpc) is 2.48. The SMILES string of the molecule is CC(=O)Oc1cccc(C(=O)Nc2ccc([O-])c(C(=O)O)c2)c1. The molecule has 0 aliphatic heterocycles. The minimum Gasteiger partial charge on any atom is -0.872 e. The van der Waals surface area contributed by atoms with Gasteiger partial charge in [-0.3, -0.25) is 9.59 Å². The lowest BCUT2D eigenvalue weighted by atomic mass is 10.1. The highest BCUT2D eigenvalue weighted by Gasteiger charge is 2.10. The summed E-state index contributed by atoms with van der Waals surface area (Å²) in [5.41, 5.74) is -0.0480. The van der Waals surface area contributed by atoms with Crippen molar-refractivity contribution in [3.05, 3.63) is 53.6 Å². The van der Waals surface area contributed by atoms with Gasteiger partial charge in [0.15, 0.2) is 0 Å². The summed E-state index contributed by atoms with van der Waals surface area (Å²) in [4.78, 5) is 34.0. The van der Waals surface area contributed by atoms with Crippen LogP contribution < -0.4 is 15.2 Å². The van der Waals surface area contributed by atoms with Crippen LogP contribution in [0.15, 0.2) is 42.5 Å². The van der Waals surface area contributed by atoms with E-state index in [0.717, 1.165) is 12.1 Å². The maximum absolute atomic E-state index is 12.1. The second kappa shape index (κ2) is 6.61. The third kappa shape index (κ3) is 4.07. The number of carboxylic acids is 1. The fourth-order valence-electron chi connectivity index (χ4n) is 1.84. The summed E-state index contributed by atoms with van der Waals surface area (Å²) in [6, 6.07) is 9.39. The van der Waals surface area contributed by atoms with Crippen LogP contribution in [-0.2, 0) is 4.79 Å². The molecule has 0 unspecified atom stereocenters. The van der Waals surface area contributed by atoms with E-state index in [2.05, 4.69) is 5.32 Å². The van der Waals surface area contributed by atoms with Gasteiger partial charge in [-0.15, -0.1) is 0 Å². The van der Waals surface area contributed by atoms with Gasteiger partial charge in [-0.05, 0) is 30.3 Å². The van der Waals surface area contributed by atoms with Gasteiger partial charge in [-0.25, -0.2) is 4.79 Å². The van der Waals surface area contributed by atoms with E-state index >= 15 is 0 Å². The van der Waals surface area contributed by atoms with Crippen molar-refractivity contribution in [2.45, 2.75) is 6.92 Å². The number of anilines is 1. The number of hydrogen-bond acceptors (Lipinski definition) is 5. The maximum atomic E-state index is 12.1. The molecule has 0 fully saturated rings. The van der Waals surface area contributed by atoms with Crippen LogP contribution in [0.1, 0.15) is 27.6 Å². The van der Waals surface area contributed by atoms with E-state index in [1.165, 1.54) is 37.3 Å². The Balaban J connectivity index is 2.21. The van der Waals surface area contributed by atoms with Gasteiger partial charge in [0.05, 0.1) is 5.56 Å². The minimum absolute atomic E-state index is 0.171. The smallest absolute Gasteiger partial charge is 0.335 e. The molecule has 0 saturated heterocycles. The molecule has 0 aliphatic carbocycles. The van der Waals surface area contributed by atoms with Gasteiger partial charge in [-0.2, -0.15) is 0 Å². The molecule has 0 spiro atoms. The Morgan fingerprint density at radius 1 is 1.13 bits per heavy atom. The first-order chi connectivity index (χ1) is 10.9.